The topological polar surface area (TPSA) is 40.5 Å². The molecule has 4 nitrogen and oxygen atoms in total. The van der Waals surface area contributed by atoms with Crippen LogP contribution in [-0.2, 0) is 16.6 Å². The molecule has 0 saturated heterocycles. The van der Waals surface area contributed by atoms with Crippen LogP contribution in [0, 0.1) is 0 Å². The van der Waals surface area contributed by atoms with Crippen LogP contribution in [0.3, 0.4) is 0 Å². The monoisotopic (exact) mass is 389 g/mol. The number of hydrogen-bond donors (Lipinski definition) is 0. The lowest BCUT2D eigenvalue weighted by Gasteiger charge is -2.09. The van der Waals surface area contributed by atoms with Crippen LogP contribution >= 0.6 is 23.2 Å². The van der Waals surface area contributed by atoms with Crippen molar-refractivity contribution in [2.45, 2.75) is 6.92 Å². The number of benzene rings is 2. The highest BCUT2D eigenvalue weighted by Crippen LogP contribution is 2.35. The van der Waals surface area contributed by atoms with Gasteiger partial charge in [0.05, 0.1) is 22.2 Å². The average Bonchev–Trinajstić information content (AvgIpc) is 2.94. The Bertz CT molecular complexity index is 992. The third kappa shape index (κ3) is 3.87. The third-order valence-corrected chi connectivity index (χ3v) is 4.55. The van der Waals surface area contributed by atoms with Crippen molar-refractivity contribution in [1.82, 2.24) is 4.57 Å². The van der Waals surface area contributed by atoms with Crippen molar-refractivity contribution in [3.05, 3.63) is 64.3 Å². The van der Waals surface area contributed by atoms with Crippen LogP contribution in [0.15, 0.2) is 48.7 Å². The molecule has 0 saturated carbocycles. The highest BCUT2D eigenvalue weighted by atomic mass is 35.5. The van der Waals surface area contributed by atoms with Crippen molar-refractivity contribution in [1.29, 1.82) is 0 Å². The molecular formula is C20H17Cl2NO3. The number of rotatable bonds is 5. The summed E-state index contributed by atoms with van der Waals surface area (Å²) in [5.74, 6) is 0.855. The predicted molar refractivity (Wildman–Crippen MR) is 105 cm³/mol. The van der Waals surface area contributed by atoms with E-state index in [-0.39, 0.29) is 5.97 Å². The van der Waals surface area contributed by atoms with Crippen molar-refractivity contribution in [3.8, 4) is 11.5 Å². The number of carbonyl (C=O) groups is 1. The van der Waals surface area contributed by atoms with Crippen molar-refractivity contribution < 1.29 is 14.3 Å². The molecule has 26 heavy (non-hydrogen) atoms. The number of aromatic nitrogens is 1. The normalized spacial score (nSPS) is 11.2. The maximum atomic E-state index is 11.6. The summed E-state index contributed by atoms with van der Waals surface area (Å²) in [7, 11) is 1.94. The van der Waals surface area contributed by atoms with Gasteiger partial charge in [-0.2, -0.15) is 0 Å². The molecule has 134 valence electrons. The molecule has 0 N–H and O–H groups in total. The molecule has 0 aliphatic carbocycles. The molecule has 0 bridgehead atoms. The molecule has 0 unspecified atom stereocenters. The van der Waals surface area contributed by atoms with Gasteiger partial charge in [-0.15, -0.1) is 0 Å². The lowest BCUT2D eigenvalue weighted by atomic mass is 10.1. The fourth-order valence-electron chi connectivity index (χ4n) is 2.67. The summed E-state index contributed by atoms with van der Waals surface area (Å²) >= 11 is 12.0. The zero-order valence-electron chi connectivity index (χ0n) is 14.3. The fourth-order valence-corrected chi connectivity index (χ4v) is 2.96. The minimum Gasteiger partial charge on any atom is -0.463 e. The SMILES string of the molecule is CCOC(=O)/C=C/c1cn(C)c2cccc(Oc3ccc(Cl)c(Cl)c3)c12. The number of nitrogens with zero attached hydrogens (tertiary/aromatic N) is 1. The number of halogens is 2. The van der Waals surface area contributed by atoms with E-state index in [0.29, 0.717) is 28.2 Å². The summed E-state index contributed by atoms with van der Waals surface area (Å²) in [6.07, 6.45) is 5.07. The molecule has 1 aromatic heterocycles. The van der Waals surface area contributed by atoms with Gasteiger partial charge in [0.15, 0.2) is 0 Å². The molecule has 0 amide bonds. The van der Waals surface area contributed by atoms with Crippen LogP contribution in [0.5, 0.6) is 11.5 Å². The van der Waals surface area contributed by atoms with Gasteiger partial charge < -0.3 is 14.0 Å². The molecule has 0 aliphatic rings. The second-order valence-corrected chi connectivity index (χ2v) is 6.42. The third-order valence-electron chi connectivity index (χ3n) is 3.81. The van der Waals surface area contributed by atoms with Gasteiger partial charge in [0, 0.05) is 36.3 Å². The fraction of sp³-hybridized carbons (Fsp3) is 0.150. The van der Waals surface area contributed by atoms with Crippen LogP contribution in [0.4, 0.5) is 0 Å². The van der Waals surface area contributed by atoms with Crippen molar-refractivity contribution in [3.63, 3.8) is 0 Å². The quantitative estimate of drug-likeness (QED) is 0.405. The largest absolute Gasteiger partial charge is 0.463 e. The van der Waals surface area contributed by atoms with Crippen LogP contribution < -0.4 is 4.74 Å². The smallest absolute Gasteiger partial charge is 0.330 e. The molecule has 3 aromatic rings. The number of aryl methyl sites for hydroxylation is 1. The molecule has 6 heteroatoms. The standard InChI is InChI=1S/C20H17Cl2NO3/c1-3-25-19(24)10-7-13-12-23(2)17-5-4-6-18(20(13)17)26-14-8-9-15(21)16(22)11-14/h4-12H,3H2,1-2H3/b10-7+. The van der Waals surface area contributed by atoms with Crippen LogP contribution in [0.2, 0.25) is 10.0 Å². The summed E-state index contributed by atoms with van der Waals surface area (Å²) in [6.45, 7) is 2.11. The first-order valence-electron chi connectivity index (χ1n) is 8.05. The molecule has 2 aromatic carbocycles. The van der Waals surface area contributed by atoms with E-state index in [1.165, 1.54) is 6.08 Å². The first kappa shape index (κ1) is 18.4. The van der Waals surface area contributed by atoms with Gasteiger partial charge in [-0.25, -0.2) is 4.79 Å². The molecule has 0 aliphatic heterocycles. The van der Waals surface area contributed by atoms with Gasteiger partial charge >= 0.3 is 5.97 Å². The van der Waals surface area contributed by atoms with E-state index in [4.69, 9.17) is 32.7 Å². The number of esters is 1. The van der Waals surface area contributed by atoms with Gasteiger partial charge in [-0.3, -0.25) is 0 Å². The Morgan fingerprint density at radius 2 is 2.00 bits per heavy atom. The van der Waals surface area contributed by atoms with Crippen LogP contribution in [0.1, 0.15) is 12.5 Å². The van der Waals surface area contributed by atoms with E-state index >= 15 is 0 Å². The van der Waals surface area contributed by atoms with Crippen molar-refractivity contribution >= 4 is 46.2 Å². The van der Waals surface area contributed by atoms with E-state index < -0.39 is 0 Å². The van der Waals surface area contributed by atoms with Gasteiger partial charge in [0.1, 0.15) is 11.5 Å². The molecule has 0 atom stereocenters. The molecule has 0 radical (unpaired) electrons. The van der Waals surface area contributed by atoms with E-state index in [0.717, 1.165) is 16.5 Å². The zero-order valence-corrected chi connectivity index (χ0v) is 15.8. The van der Waals surface area contributed by atoms with E-state index in [1.807, 2.05) is 36.0 Å². The Labute approximate surface area is 161 Å². The van der Waals surface area contributed by atoms with Gasteiger partial charge in [0.2, 0.25) is 0 Å². The highest BCUT2D eigenvalue weighted by Gasteiger charge is 2.12. The Morgan fingerprint density at radius 3 is 2.73 bits per heavy atom. The van der Waals surface area contributed by atoms with Crippen LogP contribution in [-0.4, -0.2) is 17.1 Å². The molecule has 3 rings (SSSR count). The second-order valence-electron chi connectivity index (χ2n) is 5.61. The Kier molecular flexibility index (Phi) is 5.55. The van der Waals surface area contributed by atoms with Crippen molar-refractivity contribution in [2.75, 3.05) is 6.61 Å². The summed E-state index contributed by atoms with van der Waals surface area (Å²) in [4.78, 5) is 11.6. The Balaban J connectivity index is 2.02. The minimum atomic E-state index is -0.382. The molecule has 0 spiro atoms. The van der Waals surface area contributed by atoms with E-state index in [2.05, 4.69) is 0 Å². The molecule has 1 heterocycles. The highest BCUT2D eigenvalue weighted by molar-refractivity contribution is 6.42. The summed E-state index contributed by atoms with van der Waals surface area (Å²) < 4.78 is 12.9. The van der Waals surface area contributed by atoms with Crippen LogP contribution in [0.25, 0.3) is 17.0 Å². The van der Waals surface area contributed by atoms with E-state index in [9.17, 15) is 4.79 Å². The summed E-state index contributed by atoms with van der Waals surface area (Å²) in [5.41, 5.74) is 1.83. The predicted octanol–water partition coefficient (Wildman–Crippen LogP) is 5.85. The first-order chi connectivity index (χ1) is 12.5. The molecular weight excluding hydrogens is 373 g/mol. The maximum Gasteiger partial charge on any atom is 0.330 e. The lowest BCUT2D eigenvalue weighted by Crippen LogP contribution is -1.98. The summed E-state index contributed by atoms with van der Waals surface area (Å²) in [5, 5.41) is 1.78. The summed E-state index contributed by atoms with van der Waals surface area (Å²) in [6, 6.07) is 10.9. The number of carbonyl (C=O) groups excluding carboxylic acids is 1. The maximum absolute atomic E-state index is 11.6. The Morgan fingerprint density at radius 1 is 1.19 bits per heavy atom. The number of ether oxygens (including phenoxy) is 2. The minimum absolute atomic E-state index is 0.338. The van der Waals surface area contributed by atoms with Gasteiger partial charge in [-0.1, -0.05) is 29.3 Å². The Hall–Kier alpha value is -2.43. The number of hydrogen-bond acceptors (Lipinski definition) is 3. The lowest BCUT2D eigenvalue weighted by molar-refractivity contribution is -0.137. The van der Waals surface area contributed by atoms with Gasteiger partial charge in [0.25, 0.3) is 0 Å². The van der Waals surface area contributed by atoms with Gasteiger partial charge in [-0.05, 0) is 37.3 Å². The van der Waals surface area contributed by atoms with E-state index in [1.54, 1.807) is 31.2 Å². The average molecular weight is 390 g/mol. The number of fused-ring (bicyclic) bond motifs is 1. The molecule has 0 fully saturated rings. The second kappa shape index (κ2) is 7.85. The first-order valence-corrected chi connectivity index (χ1v) is 8.81. The van der Waals surface area contributed by atoms with Crippen molar-refractivity contribution in [2.24, 2.45) is 7.05 Å². The zero-order chi connectivity index (χ0) is 18.7.